The number of hydrogen-bond acceptors (Lipinski definition) is 3. The number of furan rings is 1. The van der Waals surface area contributed by atoms with Gasteiger partial charge in [0.2, 0.25) is 0 Å². The fourth-order valence-corrected chi connectivity index (χ4v) is 7.70. The maximum Gasteiger partial charge on any atom is 0.136 e. The van der Waals surface area contributed by atoms with Gasteiger partial charge in [0, 0.05) is 50.2 Å². The predicted molar refractivity (Wildman–Crippen MR) is 207 cm³/mol. The van der Waals surface area contributed by atoms with Crippen molar-refractivity contribution in [2.75, 3.05) is 0 Å². The molecule has 0 aliphatic rings. The van der Waals surface area contributed by atoms with E-state index in [2.05, 4.69) is 157 Å². The van der Waals surface area contributed by atoms with Gasteiger partial charge in [-0.3, -0.25) is 4.57 Å². The first-order valence-corrected chi connectivity index (χ1v) is 17.1. The Labute approximate surface area is 288 Å². The smallest absolute Gasteiger partial charge is 0.136 e. The molecule has 0 spiro atoms. The monoisotopic (exact) mass is 641 g/mol. The summed E-state index contributed by atoms with van der Waals surface area (Å²) in [5.74, 6) is 1.05. The number of aromatic nitrogens is 3. The highest BCUT2D eigenvalue weighted by Crippen LogP contribution is 2.46. The van der Waals surface area contributed by atoms with Crippen LogP contribution in [0.4, 0.5) is 0 Å². The first-order valence-electron chi connectivity index (χ1n) is 17.1. The van der Waals surface area contributed by atoms with Gasteiger partial charge in [-0.15, -0.1) is 0 Å². The van der Waals surface area contributed by atoms with Crippen LogP contribution in [0.15, 0.2) is 162 Å². The Bertz CT molecular complexity index is 2920. The second-order valence-corrected chi connectivity index (χ2v) is 12.8. The average Bonchev–Trinajstić information content (AvgIpc) is 3.75. The summed E-state index contributed by atoms with van der Waals surface area (Å²) < 4.78 is 8.86. The number of nitrogens with zero attached hydrogens (tertiary/aromatic N) is 3. The van der Waals surface area contributed by atoms with Crippen LogP contribution in [0.2, 0.25) is 0 Å². The van der Waals surface area contributed by atoms with Gasteiger partial charge in [0.15, 0.2) is 0 Å². The van der Waals surface area contributed by atoms with Crippen LogP contribution in [0.5, 0.6) is 0 Å². The van der Waals surface area contributed by atoms with E-state index in [1.54, 1.807) is 0 Å². The highest BCUT2D eigenvalue weighted by Gasteiger charge is 2.21. The minimum atomic E-state index is 0.846. The first kappa shape index (κ1) is 28.5. The molecule has 0 fully saturated rings. The van der Waals surface area contributed by atoms with E-state index < -0.39 is 0 Å². The van der Waals surface area contributed by atoms with Crippen molar-refractivity contribution >= 4 is 54.6 Å². The number of benzene rings is 7. The number of aryl methyl sites for hydroxylation is 1. The Hall–Kier alpha value is -6.52. The molecule has 4 nitrogen and oxygen atoms in total. The van der Waals surface area contributed by atoms with Crippen LogP contribution in [0, 0.1) is 0 Å². The highest BCUT2D eigenvalue weighted by molar-refractivity contribution is 6.27. The molecule has 0 radical (unpaired) electrons. The molecule has 0 amide bonds. The second-order valence-electron chi connectivity index (χ2n) is 12.8. The molecule has 4 heteroatoms. The Balaban J connectivity index is 1.23. The van der Waals surface area contributed by atoms with E-state index >= 15 is 0 Å². The number of fused-ring (bicyclic) bond motifs is 7. The van der Waals surface area contributed by atoms with Gasteiger partial charge < -0.3 is 4.42 Å². The third-order valence-electron chi connectivity index (χ3n) is 9.91. The third kappa shape index (κ3) is 4.39. The minimum Gasteiger partial charge on any atom is -0.456 e. The lowest BCUT2D eigenvalue weighted by atomic mass is 9.89. The number of para-hydroxylation sites is 4. The Morgan fingerprint density at radius 2 is 1.18 bits per heavy atom. The zero-order valence-corrected chi connectivity index (χ0v) is 27.5. The van der Waals surface area contributed by atoms with E-state index in [0.717, 1.165) is 95.1 Å². The summed E-state index contributed by atoms with van der Waals surface area (Å²) in [5, 5.41) is 5.62. The minimum absolute atomic E-state index is 0.846. The lowest BCUT2D eigenvalue weighted by Crippen LogP contribution is -2.00. The summed E-state index contributed by atoms with van der Waals surface area (Å²) in [7, 11) is 0. The molecule has 0 unspecified atom stereocenters. The summed E-state index contributed by atoms with van der Waals surface area (Å²) in [6.45, 7) is 2.16. The van der Waals surface area contributed by atoms with Crippen LogP contribution in [-0.2, 0) is 6.42 Å². The first-order chi connectivity index (χ1) is 24.7. The molecular formula is C46H31N3O. The van der Waals surface area contributed by atoms with Crippen molar-refractivity contribution in [2.45, 2.75) is 13.3 Å². The van der Waals surface area contributed by atoms with Gasteiger partial charge in [0.05, 0.1) is 22.2 Å². The van der Waals surface area contributed by atoms with Crippen molar-refractivity contribution in [3.05, 3.63) is 164 Å². The SMILES string of the molecule is CCc1nc2ccccc2n1-c1cccc(-c2cccc(-c3nc4ccccc4c4c(-c5ccccc5)c5c(cc34)oc3ccccc35)c2)c1. The maximum absolute atomic E-state index is 6.58. The standard InChI is InChI=1S/C46H31N3O/c1-2-42-47-38-23-9-10-24-39(38)49(42)33-19-13-17-31(27-33)30-16-12-18-32(26-30)46-36-28-41-45(35-21-7-11-25-40(35)50-41)43(29-14-4-3-5-15-29)44(36)34-20-6-8-22-37(34)48-46/h3-28H,2H2,1H3. The van der Waals surface area contributed by atoms with E-state index in [1.807, 2.05) is 12.1 Å². The predicted octanol–water partition coefficient (Wildman–Crippen LogP) is 12.2. The molecule has 0 atom stereocenters. The molecule has 10 rings (SSSR count). The molecule has 0 bridgehead atoms. The van der Waals surface area contributed by atoms with Crippen molar-refractivity contribution in [3.63, 3.8) is 0 Å². The van der Waals surface area contributed by atoms with Crippen LogP contribution < -0.4 is 0 Å². The lowest BCUT2D eigenvalue weighted by Gasteiger charge is -2.16. The van der Waals surface area contributed by atoms with Crippen LogP contribution in [0.1, 0.15) is 12.7 Å². The summed E-state index contributed by atoms with van der Waals surface area (Å²) in [6.07, 6.45) is 0.846. The van der Waals surface area contributed by atoms with Crippen LogP contribution in [0.25, 0.3) is 93.8 Å². The van der Waals surface area contributed by atoms with Crippen LogP contribution in [-0.4, -0.2) is 14.5 Å². The molecule has 0 saturated carbocycles. The van der Waals surface area contributed by atoms with Crippen molar-refractivity contribution in [1.29, 1.82) is 0 Å². The zero-order chi connectivity index (χ0) is 33.2. The van der Waals surface area contributed by atoms with Crippen LogP contribution in [0.3, 0.4) is 0 Å². The Kier molecular flexibility index (Phi) is 6.43. The van der Waals surface area contributed by atoms with Gasteiger partial charge in [-0.25, -0.2) is 9.97 Å². The highest BCUT2D eigenvalue weighted by atomic mass is 16.3. The molecule has 10 aromatic rings. The Morgan fingerprint density at radius 1 is 0.500 bits per heavy atom. The van der Waals surface area contributed by atoms with Gasteiger partial charge in [0.1, 0.15) is 17.0 Å². The molecule has 50 heavy (non-hydrogen) atoms. The third-order valence-corrected chi connectivity index (χ3v) is 9.91. The molecule has 7 aromatic carbocycles. The summed E-state index contributed by atoms with van der Waals surface area (Å²) in [6, 6.07) is 55.6. The number of hydrogen-bond donors (Lipinski definition) is 0. The second kappa shape index (κ2) is 11.3. The van der Waals surface area contributed by atoms with Crippen molar-refractivity contribution in [2.24, 2.45) is 0 Å². The molecule has 0 aliphatic heterocycles. The fourth-order valence-electron chi connectivity index (χ4n) is 7.70. The van der Waals surface area contributed by atoms with Crippen molar-refractivity contribution in [1.82, 2.24) is 14.5 Å². The van der Waals surface area contributed by atoms with Gasteiger partial charge in [-0.05, 0) is 65.2 Å². The summed E-state index contributed by atoms with van der Waals surface area (Å²) in [5.41, 5.74) is 12.5. The quantitative estimate of drug-likeness (QED) is 0.176. The van der Waals surface area contributed by atoms with E-state index in [9.17, 15) is 0 Å². The van der Waals surface area contributed by atoms with Gasteiger partial charge in [-0.1, -0.05) is 116 Å². The summed E-state index contributed by atoms with van der Waals surface area (Å²) in [4.78, 5) is 10.3. The van der Waals surface area contributed by atoms with E-state index in [1.165, 1.54) is 10.9 Å². The lowest BCUT2D eigenvalue weighted by molar-refractivity contribution is 0.669. The normalized spacial score (nSPS) is 11.8. The molecule has 0 saturated heterocycles. The molecule has 0 aliphatic carbocycles. The molecule has 236 valence electrons. The number of pyridine rings is 1. The average molecular weight is 642 g/mol. The van der Waals surface area contributed by atoms with Crippen molar-refractivity contribution in [3.8, 4) is 39.2 Å². The molecule has 3 heterocycles. The summed E-state index contributed by atoms with van der Waals surface area (Å²) >= 11 is 0. The molecule has 0 N–H and O–H groups in total. The largest absolute Gasteiger partial charge is 0.456 e. The van der Waals surface area contributed by atoms with E-state index in [-0.39, 0.29) is 0 Å². The molecular weight excluding hydrogens is 611 g/mol. The van der Waals surface area contributed by atoms with E-state index in [4.69, 9.17) is 14.4 Å². The zero-order valence-electron chi connectivity index (χ0n) is 27.5. The van der Waals surface area contributed by atoms with E-state index in [0.29, 0.717) is 0 Å². The number of rotatable bonds is 5. The van der Waals surface area contributed by atoms with Gasteiger partial charge in [0.25, 0.3) is 0 Å². The van der Waals surface area contributed by atoms with Gasteiger partial charge in [-0.2, -0.15) is 0 Å². The maximum atomic E-state index is 6.58. The van der Waals surface area contributed by atoms with Gasteiger partial charge >= 0.3 is 0 Å². The molecule has 3 aromatic heterocycles. The van der Waals surface area contributed by atoms with Crippen molar-refractivity contribution < 1.29 is 4.42 Å². The topological polar surface area (TPSA) is 43.9 Å². The number of imidazole rings is 1. The fraction of sp³-hybridized carbons (Fsp3) is 0.0435. The van der Waals surface area contributed by atoms with Crippen LogP contribution >= 0.6 is 0 Å². The Morgan fingerprint density at radius 3 is 2.04 bits per heavy atom.